The summed E-state index contributed by atoms with van der Waals surface area (Å²) in [5, 5.41) is 11.6. The monoisotopic (exact) mass is 631 g/mol. The molecule has 0 radical (unpaired) electrons. The van der Waals surface area contributed by atoms with E-state index in [1.54, 1.807) is 0 Å². The Balaban J connectivity index is 1.30. The van der Waals surface area contributed by atoms with Crippen LogP contribution in [-0.2, 0) is 9.47 Å². The molecule has 4 aromatic rings. The number of anilines is 1. The number of hydrogen-bond donors (Lipinski definition) is 1. The summed E-state index contributed by atoms with van der Waals surface area (Å²) in [6.45, 7) is 3.60. The molecule has 0 saturated carbocycles. The molecule has 1 unspecified atom stereocenters. The van der Waals surface area contributed by atoms with Crippen molar-refractivity contribution in [3.8, 4) is 35.4 Å². The summed E-state index contributed by atoms with van der Waals surface area (Å²) in [4.78, 5) is 18.1. The van der Waals surface area contributed by atoms with Gasteiger partial charge >= 0.3 is 6.01 Å². The lowest BCUT2D eigenvalue weighted by molar-refractivity contribution is 0.0418. The highest BCUT2D eigenvalue weighted by atomic mass is 19.1. The molecule has 4 saturated heterocycles. The van der Waals surface area contributed by atoms with Crippen LogP contribution >= 0.6 is 0 Å². The highest BCUT2D eigenvalue weighted by Gasteiger charge is 2.50. The molecule has 1 N–H and O–H groups in total. The number of alkyl halides is 1. The van der Waals surface area contributed by atoms with Crippen LogP contribution in [0.2, 0.25) is 0 Å². The minimum Gasteiger partial charge on any atom is -0.508 e. The number of benzene rings is 2. The summed E-state index contributed by atoms with van der Waals surface area (Å²) < 4.78 is 64.1. The number of aromatic nitrogens is 3. The highest BCUT2D eigenvalue weighted by molar-refractivity contribution is 6.03. The van der Waals surface area contributed by atoms with Crippen LogP contribution in [0.3, 0.4) is 0 Å². The molecule has 0 aliphatic carbocycles. The predicted molar refractivity (Wildman–Crippen MR) is 165 cm³/mol. The molecule has 8 rings (SSSR count). The molecular formula is C34H32F3N5O4. The van der Waals surface area contributed by atoms with Crippen LogP contribution in [-0.4, -0.2) is 94.9 Å². The van der Waals surface area contributed by atoms with E-state index in [-0.39, 0.29) is 46.1 Å². The molecule has 0 bridgehead atoms. The zero-order valence-electron chi connectivity index (χ0n) is 25.1. The fraction of sp³-hybridized carbons (Fsp3) is 0.441. The number of aromatic hydroxyl groups is 1. The molecule has 9 nitrogen and oxygen atoms in total. The van der Waals surface area contributed by atoms with Gasteiger partial charge in [-0.05, 0) is 49.4 Å². The molecular weight excluding hydrogens is 599 g/mol. The minimum absolute atomic E-state index is 0.0428. The number of ether oxygens (including phenoxy) is 3. The molecule has 2 aromatic heterocycles. The highest BCUT2D eigenvalue weighted by Crippen LogP contribution is 2.43. The van der Waals surface area contributed by atoms with E-state index < -0.39 is 28.9 Å². The van der Waals surface area contributed by atoms with Crippen LogP contribution in [0.25, 0.3) is 32.9 Å². The number of halogens is 3. The first kappa shape index (κ1) is 29.2. The van der Waals surface area contributed by atoms with Gasteiger partial charge in [0.15, 0.2) is 5.82 Å². The number of nitrogens with zero attached hydrogens (tertiary/aromatic N) is 5. The zero-order valence-corrected chi connectivity index (χ0v) is 25.1. The molecule has 4 aliphatic rings. The van der Waals surface area contributed by atoms with E-state index in [0.717, 1.165) is 19.4 Å². The standard InChI is InChI=1S/C34H32F3N5O4/c1-2-23-26(36)5-4-20-12-22(43)13-24(27(20)23)29-28(37)30-25(15-38-29)31(42-9-11-45-18-34(42)7-10-44-17-34)40-32(39-30)46-19-33-6-3-8-41(33)16-21(35)14-33/h1,4-5,12-13,15,21,43H,3,6-11,14,16-19H2/t21-,33+,34?/m1/s1. The molecule has 0 amide bonds. The maximum Gasteiger partial charge on any atom is 0.319 e. The number of hydrogen-bond acceptors (Lipinski definition) is 9. The summed E-state index contributed by atoms with van der Waals surface area (Å²) in [5.74, 6) is 1.18. The maximum atomic E-state index is 16.9. The topological polar surface area (TPSA) is 93.1 Å². The molecule has 12 heteroatoms. The number of phenolic OH excluding ortho intramolecular Hbond substituents is 1. The molecule has 4 aliphatic heterocycles. The van der Waals surface area contributed by atoms with Gasteiger partial charge in [0.25, 0.3) is 0 Å². The van der Waals surface area contributed by atoms with Crippen LogP contribution in [0.1, 0.15) is 31.2 Å². The third-order valence-corrected chi connectivity index (χ3v) is 10.1. The Bertz CT molecular complexity index is 1910. The molecule has 3 atom stereocenters. The number of morpholine rings is 1. The third-order valence-electron chi connectivity index (χ3n) is 10.1. The normalized spacial score (nSPS) is 26.3. The zero-order chi connectivity index (χ0) is 31.6. The number of fused-ring (bicyclic) bond motifs is 3. The SMILES string of the molecule is C#Cc1c(F)ccc2cc(O)cc(-c3ncc4c(N5CCOCC56CCOC6)nc(OC[C@@]56CCCN5C[C@H](F)C6)nc4c3F)c12. The van der Waals surface area contributed by atoms with Crippen molar-refractivity contribution < 1.29 is 32.5 Å². The van der Waals surface area contributed by atoms with E-state index in [1.807, 2.05) is 0 Å². The van der Waals surface area contributed by atoms with Gasteiger partial charge < -0.3 is 24.2 Å². The second-order valence-electron chi connectivity index (χ2n) is 12.8. The maximum absolute atomic E-state index is 16.9. The Kier molecular flexibility index (Phi) is 6.97. The van der Waals surface area contributed by atoms with Gasteiger partial charge in [0, 0.05) is 43.3 Å². The van der Waals surface area contributed by atoms with Crippen molar-refractivity contribution in [3.63, 3.8) is 0 Å². The lowest BCUT2D eigenvalue weighted by Gasteiger charge is -2.44. The fourth-order valence-corrected chi connectivity index (χ4v) is 7.87. The van der Waals surface area contributed by atoms with E-state index in [0.29, 0.717) is 68.9 Å². The molecule has 4 fully saturated rings. The van der Waals surface area contributed by atoms with E-state index in [1.165, 1.54) is 30.5 Å². The summed E-state index contributed by atoms with van der Waals surface area (Å²) in [5.41, 5.74) is -1.15. The summed E-state index contributed by atoms with van der Waals surface area (Å²) >= 11 is 0. The molecule has 6 heterocycles. The van der Waals surface area contributed by atoms with E-state index in [2.05, 4.69) is 25.7 Å². The molecule has 238 valence electrons. The Morgan fingerprint density at radius 1 is 1.11 bits per heavy atom. The Morgan fingerprint density at radius 2 is 1.96 bits per heavy atom. The minimum atomic E-state index is -0.937. The largest absolute Gasteiger partial charge is 0.508 e. The van der Waals surface area contributed by atoms with Crippen LogP contribution in [0.15, 0.2) is 30.5 Å². The van der Waals surface area contributed by atoms with E-state index >= 15 is 4.39 Å². The van der Waals surface area contributed by atoms with Crippen molar-refractivity contribution in [2.45, 2.75) is 42.9 Å². The fourth-order valence-electron chi connectivity index (χ4n) is 7.87. The van der Waals surface area contributed by atoms with Crippen LogP contribution in [0, 0.1) is 24.0 Å². The Hall–Kier alpha value is -4.18. The van der Waals surface area contributed by atoms with E-state index in [4.69, 9.17) is 25.6 Å². The molecule has 2 aromatic carbocycles. The lowest BCUT2D eigenvalue weighted by Crippen LogP contribution is -2.58. The predicted octanol–water partition coefficient (Wildman–Crippen LogP) is 4.76. The van der Waals surface area contributed by atoms with Gasteiger partial charge in [0.2, 0.25) is 0 Å². The molecule has 1 spiro atoms. The van der Waals surface area contributed by atoms with Crippen LogP contribution < -0.4 is 9.64 Å². The van der Waals surface area contributed by atoms with Gasteiger partial charge in [-0.15, -0.1) is 6.42 Å². The lowest BCUT2D eigenvalue weighted by atomic mass is 9.94. The first-order valence-corrected chi connectivity index (χ1v) is 15.5. The van der Waals surface area contributed by atoms with Crippen LogP contribution in [0.4, 0.5) is 19.0 Å². The quantitative estimate of drug-likeness (QED) is 0.313. The van der Waals surface area contributed by atoms with Crippen molar-refractivity contribution in [1.82, 2.24) is 19.9 Å². The van der Waals surface area contributed by atoms with Crippen molar-refractivity contribution in [2.24, 2.45) is 0 Å². The second kappa shape index (κ2) is 11.0. The van der Waals surface area contributed by atoms with Crippen molar-refractivity contribution in [3.05, 3.63) is 47.7 Å². The number of pyridine rings is 1. The van der Waals surface area contributed by atoms with Crippen molar-refractivity contribution in [1.29, 1.82) is 0 Å². The van der Waals surface area contributed by atoms with Crippen molar-refractivity contribution >= 4 is 27.5 Å². The second-order valence-corrected chi connectivity index (χ2v) is 12.8. The summed E-state index contributed by atoms with van der Waals surface area (Å²) in [6.07, 6.45) is 9.01. The Morgan fingerprint density at radius 3 is 2.76 bits per heavy atom. The van der Waals surface area contributed by atoms with Crippen LogP contribution in [0.5, 0.6) is 11.8 Å². The third kappa shape index (κ3) is 4.55. The van der Waals surface area contributed by atoms with Gasteiger partial charge in [-0.1, -0.05) is 12.0 Å². The van der Waals surface area contributed by atoms with E-state index in [9.17, 15) is 13.9 Å². The average Bonchev–Trinajstić information content (AvgIpc) is 3.75. The number of phenols is 1. The van der Waals surface area contributed by atoms with Gasteiger partial charge in [-0.2, -0.15) is 9.97 Å². The van der Waals surface area contributed by atoms with Gasteiger partial charge in [-0.3, -0.25) is 9.88 Å². The van der Waals surface area contributed by atoms with Gasteiger partial charge in [-0.25, -0.2) is 13.2 Å². The summed E-state index contributed by atoms with van der Waals surface area (Å²) in [6, 6.07) is 5.38. The van der Waals surface area contributed by atoms with Crippen molar-refractivity contribution in [2.75, 3.05) is 57.6 Å². The average molecular weight is 632 g/mol. The van der Waals surface area contributed by atoms with Gasteiger partial charge in [0.05, 0.1) is 41.8 Å². The first-order chi connectivity index (χ1) is 22.3. The smallest absolute Gasteiger partial charge is 0.319 e. The first-order valence-electron chi connectivity index (χ1n) is 15.5. The number of rotatable bonds is 5. The number of terminal acetylenes is 1. The summed E-state index contributed by atoms with van der Waals surface area (Å²) in [7, 11) is 0. The molecule has 46 heavy (non-hydrogen) atoms. The van der Waals surface area contributed by atoms with Gasteiger partial charge in [0.1, 0.15) is 41.4 Å². The Labute approximate surface area is 263 Å².